The number of fused-ring (bicyclic) bond motifs is 1. The largest absolute Gasteiger partial charge is 0.416 e. The predicted molar refractivity (Wildman–Crippen MR) is 105 cm³/mol. The van der Waals surface area contributed by atoms with Gasteiger partial charge in [-0.25, -0.2) is 9.97 Å². The number of nitrogens with zero attached hydrogens (tertiary/aromatic N) is 4. The Bertz CT molecular complexity index is 1140. The number of aromatic nitrogens is 4. The fourth-order valence-electron chi connectivity index (χ4n) is 2.92. The fraction of sp³-hybridized carbons (Fsp3) is 0.150. The molecule has 0 spiro atoms. The van der Waals surface area contributed by atoms with Crippen molar-refractivity contribution in [2.45, 2.75) is 12.6 Å². The number of para-hydroxylation sites is 2. The molecule has 2 aromatic carbocycles. The molecule has 0 saturated heterocycles. The van der Waals surface area contributed by atoms with Crippen LogP contribution in [0.15, 0.2) is 61.1 Å². The zero-order valence-electron chi connectivity index (χ0n) is 15.0. The molecule has 0 aliphatic rings. The second-order valence-electron chi connectivity index (χ2n) is 6.34. The van der Waals surface area contributed by atoms with Crippen molar-refractivity contribution < 1.29 is 13.2 Å². The quantitative estimate of drug-likeness (QED) is 0.488. The minimum absolute atomic E-state index is 0.370. The first-order valence-corrected chi connectivity index (χ1v) is 9.14. The average Bonchev–Trinajstić information content (AvgIpc) is 3.13. The Morgan fingerprint density at radius 2 is 1.76 bits per heavy atom. The van der Waals surface area contributed by atoms with Crippen molar-refractivity contribution in [3.63, 3.8) is 0 Å². The fourth-order valence-corrected chi connectivity index (χ4v) is 3.10. The van der Waals surface area contributed by atoms with Crippen LogP contribution in [0.1, 0.15) is 11.1 Å². The summed E-state index contributed by atoms with van der Waals surface area (Å²) in [5, 5.41) is 3.46. The van der Waals surface area contributed by atoms with Gasteiger partial charge in [0, 0.05) is 6.54 Å². The van der Waals surface area contributed by atoms with E-state index in [9.17, 15) is 13.2 Å². The van der Waals surface area contributed by atoms with E-state index in [1.165, 1.54) is 18.3 Å². The van der Waals surface area contributed by atoms with Crippen molar-refractivity contribution in [2.75, 3.05) is 11.9 Å². The molecule has 0 aliphatic heterocycles. The lowest BCUT2D eigenvalue weighted by Crippen LogP contribution is -2.10. The Hall–Kier alpha value is -3.13. The molecule has 2 heterocycles. The topological polar surface area (TPSA) is 55.6 Å². The molecule has 4 aromatic rings. The summed E-state index contributed by atoms with van der Waals surface area (Å²) in [6.07, 6.45) is -0.667. The van der Waals surface area contributed by atoms with Crippen LogP contribution in [0.25, 0.3) is 16.9 Å². The first-order chi connectivity index (χ1) is 13.9. The van der Waals surface area contributed by atoms with Gasteiger partial charge in [0.05, 0.1) is 22.8 Å². The van der Waals surface area contributed by atoms with E-state index < -0.39 is 11.7 Å². The van der Waals surface area contributed by atoms with Crippen LogP contribution in [0, 0.1) is 0 Å². The van der Waals surface area contributed by atoms with Crippen LogP contribution in [-0.4, -0.2) is 26.1 Å². The summed E-state index contributed by atoms with van der Waals surface area (Å²) in [6.45, 7) is 0.455. The number of benzene rings is 2. The molecule has 9 heteroatoms. The van der Waals surface area contributed by atoms with Crippen LogP contribution in [-0.2, 0) is 12.6 Å². The van der Waals surface area contributed by atoms with Gasteiger partial charge in [0.25, 0.3) is 0 Å². The normalized spacial score (nSPS) is 11.7. The SMILES string of the molecule is FC(F)(F)c1ccc(CCNc2ncc(Cl)c(-n3cnc4ccccc43)n2)cc1. The molecule has 0 atom stereocenters. The Kier molecular flexibility index (Phi) is 5.10. The molecule has 148 valence electrons. The third kappa shape index (κ3) is 4.17. The minimum atomic E-state index is -4.33. The maximum atomic E-state index is 12.6. The van der Waals surface area contributed by atoms with E-state index in [0.717, 1.165) is 28.7 Å². The van der Waals surface area contributed by atoms with Gasteiger partial charge in [-0.2, -0.15) is 18.2 Å². The first kappa shape index (κ1) is 19.2. The molecule has 0 saturated carbocycles. The monoisotopic (exact) mass is 417 g/mol. The lowest BCUT2D eigenvalue weighted by atomic mass is 10.1. The van der Waals surface area contributed by atoms with Crippen molar-refractivity contribution in [1.29, 1.82) is 0 Å². The number of hydrogen-bond donors (Lipinski definition) is 1. The van der Waals surface area contributed by atoms with Crippen LogP contribution < -0.4 is 5.32 Å². The molecule has 0 radical (unpaired) electrons. The Morgan fingerprint density at radius 1 is 1.00 bits per heavy atom. The molecular formula is C20H15ClF3N5. The van der Waals surface area contributed by atoms with Gasteiger partial charge in [0.1, 0.15) is 11.3 Å². The predicted octanol–water partition coefficient (Wildman–Crippen LogP) is 5.14. The summed E-state index contributed by atoms with van der Waals surface area (Å²) in [5.41, 5.74) is 1.80. The second kappa shape index (κ2) is 7.71. The Balaban J connectivity index is 1.47. The zero-order valence-corrected chi connectivity index (χ0v) is 15.7. The van der Waals surface area contributed by atoms with Crippen molar-refractivity contribution >= 4 is 28.6 Å². The molecule has 0 bridgehead atoms. The highest BCUT2D eigenvalue weighted by Gasteiger charge is 2.29. The molecule has 0 amide bonds. The van der Waals surface area contributed by atoms with Gasteiger partial charge >= 0.3 is 6.18 Å². The van der Waals surface area contributed by atoms with Gasteiger partial charge in [-0.1, -0.05) is 35.9 Å². The van der Waals surface area contributed by atoms with Gasteiger partial charge < -0.3 is 5.32 Å². The van der Waals surface area contributed by atoms with E-state index in [0.29, 0.717) is 29.8 Å². The number of imidazole rings is 1. The summed E-state index contributed by atoms with van der Waals surface area (Å²) in [7, 11) is 0. The molecule has 5 nitrogen and oxygen atoms in total. The van der Waals surface area contributed by atoms with E-state index in [1.54, 1.807) is 10.9 Å². The number of alkyl halides is 3. The van der Waals surface area contributed by atoms with Crippen molar-refractivity contribution in [3.8, 4) is 5.82 Å². The summed E-state index contributed by atoms with van der Waals surface area (Å²) in [6, 6.07) is 12.7. The minimum Gasteiger partial charge on any atom is -0.354 e. The van der Waals surface area contributed by atoms with Crippen molar-refractivity contribution in [3.05, 3.63) is 77.2 Å². The van der Waals surface area contributed by atoms with Gasteiger partial charge in [0.2, 0.25) is 5.95 Å². The summed E-state index contributed by atoms with van der Waals surface area (Å²) >= 11 is 6.28. The lowest BCUT2D eigenvalue weighted by molar-refractivity contribution is -0.137. The molecule has 4 rings (SSSR count). The Morgan fingerprint density at radius 3 is 2.52 bits per heavy atom. The number of nitrogens with one attached hydrogen (secondary N) is 1. The van der Waals surface area contributed by atoms with E-state index in [2.05, 4.69) is 20.3 Å². The Labute approximate surface area is 169 Å². The smallest absolute Gasteiger partial charge is 0.354 e. The number of halogens is 4. The highest BCUT2D eigenvalue weighted by Crippen LogP contribution is 2.29. The molecular weight excluding hydrogens is 403 g/mol. The standard InChI is InChI=1S/C20H15ClF3N5/c21-15-11-26-19(25-10-9-13-5-7-14(8-6-13)20(22,23)24)28-18(15)29-12-27-16-3-1-2-4-17(16)29/h1-8,11-12H,9-10H2,(H,25,26,28). The third-order valence-corrected chi connectivity index (χ3v) is 4.65. The number of anilines is 1. The van der Waals surface area contributed by atoms with E-state index >= 15 is 0 Å². The molecule has 1 N–H and O–H groups in total. The van der Waals surface area contributed by atoms with Gasteiger partial charge in [0.15, 0.2) is 5.82 Å². The summed E-state index contributed by atoms with van der Waals surface area (Å²) < 4.78 is 39.7. The third-order valence-electron chi connectivity index (χ3n) is 4.39. The molecule has 0 fully saturated rings. The van der Waals surface area contributed by atoms with E-state index in [4.69, 9.17) is 11.6 Å². The molecule has 2 aromatic heterocycles. The van der Waals surface area contributed by atoms with Gasteiger partial charge in [-0.3, -0.25) is 4.57 Å². The molecule has 0 aliphatic carbocycles. The van der Waals surface area contributed by atoms with Crippen LogP contribution in [0.5, 0.6) is 0 Å². The maximum Gasteiger partial charge on any atom is 0.416 e. The van der Waals surface area contributed by atoms with Crippen LogP contribution in [0.3, 0.4) is 0 Å². The van der Waals surface area contributed by atoms with Crippen LogP contribution >= 0.6 is 11.6 Å². The second-order valence-corrected chi connectivity index (χ2v) is 6.75. The summed E-state index contributed by atoms with van der Waals surface area (Å²) in [5.74, 6) is 0.862. The van der Waals surface area contributed by atoms with Crippen LogP contribution in [0.2, 0.25) is 5.02 Å². The summed E-state index contributed by atoms with van der Waals surface area (Å²) in [4.78, 5) is 13.0. The lowest BCUT2D eigenvalue weighted by Gasteiger charge is -2.10. The van der Waals surface area contributed by atoms with Gasteiger partial charge in [-0.05, 0) is 36.2 Å². The molecule has 0 unspecified atom stereocenters. The number of hydrogen-bond acceptors (Lipinski definition) is 4. The number of rotatable bonds is 5. The van der Waals surface area contributed by atoms with E-state index in [1.807, 2.05) is 24.3 Å². The van der Waals surface area contributed by atoms with Gasteiger partial charge in [-0.15, -0.1) is 0 Å². The maximum absolute atomic E-state index is 12.6. The first-order valence-electron chi connectivity index (χ1n) is 8.77. The highest BCUT2D eigenvalue weighted by molar-refractivity contribution is 6.32. The van der Waals surface area contributed by atoms with Crippen LogP contribution in [0.4, 0.5) is 19.1 Å². The van der Waals surface area contributed by atoms with E-state index in [-0.39, 0.29) is 0 Å². The zero-order chi connectivity index (χ0) is 20.4. The van der Waals surface area contributed by atoms with Crippen molar-refractivity contribution in [2.24, 2.45) is 0 Å². The molecule has 29 heavy (non-hydrogen) atoms. The average molecular weight is 418 g/mol. The van der Waals surface area contributed by atoms with Crippen molar-refractivity contribution in [1.82, 2.24) is 19.5 Å². The highest BCUT2D eigenvalue weighted by atomic mass is 35.5.